The molecular formula is C7H9N3S. The van der Waals surface area contributed by atoms with Gasteiger partial charge in [0.1, 0.15) is 0 Å². The molecule has 58 valence electrons. The summed E-state index contributed by atoms with van der Waals surface area (Å²) in [5.41, 5.74) is 0.969. The number of aryl methyl sites for hydroxylation is 1. The first-order valence-electron chi connectivity index (χ1n) is 3.24. The van der Waals surface area contributed by atoms with Crippen LogP contribution in [0, 0.1) is 18.4 Å². The normalized spacial score (nSPS) is 9.18. The van der Waals surface area contributed by atoms with Crippen LogP contribution < -0.4 is 0 Å². The maximum absolute atomic E-state index is 8.45. The summed E-state index contributed by atoms with van der Waals surface area (Å²) in [7, 11) is 1.74. The van der Waals surface area contributed by atoms with Gasteiger partial charge in [0.05, 0.1) is 17.2 Å². The van der Waals surface area contributed by atoms with E-state index < -0.39 is 0 Å². The van der Waals surface area contributed by atoms with Crippen LogP contribution in [0.5, 0.6) is 0 Å². The summed E-state index contributed by atoms with van der Waals surface area (Å²) in [4.78, 5) is 5.77. The average molecular weight is 167 g/mol. The lowest BCUT2D eigenvalue weighted by atomic mass is 10.5. The van der Waals surface area contributed by atoms with E-state index in [1.807, 2.05) is 18.5 Å². The summed E-state index contributed by atoms with van der Waals surface area (Å²) < 4.78 is 0. The molecule has 0 saturated heterocycles. The molecule has 0 atom stereocenters. The Morgan fingerprint density at radius 1 is 1.82 bits per heavy atom. The molecule has 0 fully saturated rings. The molecule has 0 aromatic carbocycles. The Labute approximate surface area is 69.9 Å². The Morgan fingerprint density at radius 2 is 2.55 bits per heavy atom. The van der Waals surface area contributed by atoms with Gasteiger partial charge >= 0.3 is 0 Å². The average Bonchev–Trinajstić information content (AvgIpc) is 2.35. The fourth-order valence-corrected chi connectivity index (χ4v) is 1.36. The molecule has 1 aromatic heterocycles. The van der Waals surface area contributed by atoms with Gasteiger partial charge in [-0.2, -0.15) is 5.26 Å². The summed E-state index contributed by atoms with van der Waals surface area (Å²) in [6.07, 6.45) is 2.02. The van der Waals surface area contributed by atoms with Crippen molar-refractivity contribution in [1.82, 2.24) is 9.88 Å². The largest absolute Gasteiger partial charge is 0.308 e. The van der Waals surface area contributed by atoms with Crippen molar-refractivity contribution < 1.29 is 0 Å². The first-order chi connectivity index (χ1) is 5.22. The van der Waals surface area contributed by atoms with E-state index in [2.05, 4.69) is 4.98 Å². The monoisotopic (exact) mass is 167 g/mol. The van der Waals surface area contributed by atoms with Crippen molar-refractivity contribution in [1.29, 1.82) is 5.26 Å². The fourth-order valence-electron chi connectivity index (χ4n) is 0.759. The van der Waals surface area contributed by atoms with Gasteiger partial charge in [-0.25, -0.2) is 4.98 Å². The molecule has 4 heteroatoms. The Kier molecular flexibility index (Phi) is 2.44. The van der Waals surface area contributed by atoms with Gasteiger partial charge in [0.2, 0.25) is 0 Å². The van der Waals surface area contributed by atoms with E-state index >= 15 is 0 Å². The molecule has 0 aliphatic rings. The van der Waals surface area contributed by atoms with Crippen molar-refractivity contribution in [3.8, 4) is 6.19 Å². The van der Waals surface area contributed by atoms with Crippen LogP contribution in [-0.4, -0.2) is 16.9 Å². The van der Waals surface area contributed by atoms with E-state index in [-0.39, 0.29) is 0 Å². The van der Waals surface area contributed by atoms with Gasteiger partial charge in [-0.1, -0.05) is 0 Å². The quantitative estimate of drug-likeness (QED) is 0.493. The van der Waals surface area contributed by atoms with E-state index in [0.29, 0.717) is 6.54 Å². The summed E-state index contributed by atoms with van der Waals surface area (Å²) in [5, 5.41) is 11.5. The Morgan fingerprint density at radius 3 is 3.00 bits per heavy atom. The second kappa shape index (κ2) is 3.35. The molecule has 0 aliphatic heterocycles. The maximum atomic E-state index is 8.45. The Hall–Kier alpha value is -1.08. The number of hydrogen-bond donors (Lipinski definition) is 0. The van der Waals surface area contributed by atoms with E-state index in [4.69, 9.17) is 5.26 Å². The Bertz CT molecular complexity index is 273. The van der Waals surface area contributed by atoms with Gasteiger partial charge in [0, 0.05) is 12.4 Å². The zero-order valence-corrected chi connectivity index (χ0v) is 7.35. The van der Waals surface area contributed by atoms with Crippen molar-refractivity contribution in [2.45, 2.75) is 13.5 Å². The minimum absolute atomic E-state index is 0.612. The molecule has 0 aliphatic carbocycles. The highest BCUT2D eigenvalue weighted by atomic mass is 32.1. The van der Waals surface area contributed by atoms with E-state index in [0.717, 1.165) is 10.7 Å². The number of thiazole rings is 1. The van der Waals surface area contributed by atoms with Crippen LogP contribution >= 0.6 is 11.3 Å². The first-order valence-corrected chi connectivity index (χ1v) is 4.12. The summed E-state index contributed by atoms with van der Waals surface area (Å²) >= 11 is 1.61. The lowest BCUT2D eigenvalue weighted by molar-refractivity contribution is 0.463. The summed E-state index contributed by atoms with van der Waals surface area (Å²) in [6, 6.07) is 0. The number of nitriles is 1. The van der Waals surface area contributed by atoms with E-state index in [9.17, 15) is 0 Å². The zero-order chi connectivity index (χ0) is 8.27. The molecule has 3 nitrogen and oxygen atoms in total. The topological polar surface area (TPSA) is 39.9 Å². The molecular weight excluding hydrogens is 158 g/mol. The molecule has 0 radical (unpaired) electrons. The minimum Gasteiger partial charge on any atom is -0.308 e. The van der Waals surface area contributed by atoms with Crippen LogP contribution in [0.3, 0.4) is 0 Å². The smallest absolute Gasteiger partial charge is 0.179 e. The van der Waals surface area contributed by atoms with Gasteiger partial charge in [0.15, 0.2) is 6.19 Å². The van der Waals surface area contributed by atoms with Gasteiger partial charge in [-0.15, -0.1) is 11.3 Å². The molecule has 0 unspecified atom stereocenters. The number of hydrogen-bond acceptors (Lipinski definition) is 4. The Balaban J connectivity index is 2.59. The second-order valence-electron chi connectivity index (χ2n) is 2.31. The third-order valence-corrected chi connectivity index (χ3v) is 2.06. The zero-order valence-electron chi connectivity index (χ0n) is 6.53. The third-order valence-electron chi connectivity index (χ3n) is 1.24. The molecule has 1 rings (SSSR count). The predicted octanol–water partition coefficient (Wildman–Crippen LogP) is 1.36. The van der Waals surface area contributed by atoms with Gasteiger partial charge in [-0.3, -0.25) is 0 Å². The maximum Gasteiger partial charge on any atom is 0.179 e. The standard InChI is InChI=1S/C7H9N3S/c1-6-9-7(4-11-6)3-10(2)5-8/h4H,3H2,1-2H3. The minimum atomic E-state index is 0.612. The lowest BCUT2D eigenvalue weighted by Crippen LogP contribution is -2.10. The van der Waals surface area contributed by atoms with Crippen molar-refractivity contribution >= 4 is 11.3 Å². The van der Waals surface area contributed by atoms with Crippen LogP contribution in [0.15, 0.2) is 5.38 Å². The van der Waals surface area contributed by atoms with Crippen LogP contribution in [0.2, 0.25) is 0 Å². The molecule has 0 saturated carbocycles. The van der Waals surface area contributed by atoms with Gasteiger partial charge < -0.3 is 4.90 Å². The molecule has 0 amide bonds. The summed E-state index contributed by atoms with van der Waals surface area (Å²) in [5.74, 6) is 0. The predicted molar refractivity (Wildman–Crippen MR) is 43.9 cm³/mol. The SMILES string of the molecule is Cc1nc(CN(C)C#N)cs1. The number of nitrogens with zero attached hydrogens (tertiary/aromatic N) is 3. The third kappa shape index (κ3) is 2.20. The molecule has 0 spiro atoms. The summed E-state index contributed by atoms with van der Waals surface area (Å²) in [6.45, 7) is 2.57. The number of rotatable bonds is 2. The molecule has 1 aromatic rings. The van der Waals surface area contributed by atoms with Crippen molar-refractivity contribution in [3.63, 3.8) is 0 Å². The van der Waals surface area contributed by atoms with Crippen LogP contribution in [0.4, 0.5) is 0 Å². The van der Waals surface area contributed by atoms with Crippen LogP contribution in [0.25, 0.3) is 0 Å². The highest BCUT2D eigenvalue weighted by Crippen LogP contribution is 2.08. The van der Waals surface area contributed by atoms with E-state index in [1.165, 1.54) is 0 Å². The highest BCUT2D eigenvalue weighted by Gasteiger charge is 1.99. The van der Waals surface area contributed by atoms with Crippen LogP contribution in [-0.2, 0) is 6.54 Å². The van der Waals surface area contributed by atoms with Crippen molar-refractivity contribution in [3.05, 3.63) is 16.1 Å². The van der Waals surface area contributed by atoms with Crippen LogP contribution in [0.1, 0.15) is 10.7 Å². The second-order valence-corrected chi connectivity index (χ2v) is 3.38. The van der Waals surface area contributed by atoms with Crippen molar-refractivity contribution in [2.24, 2.45) is 0 Å². The van der Waals surface area contributed by atoms with Gasteiger partial charge in [-0.05, 0) is 6.92 Å². The fraction of sp³-hybridized carbons (Fsp3) is 0.429. The van der Waals surface area contributed by atoms with E-state index in [1.54, 1.807) is 23.3 Å². The molecule has 1 heterocycles. The molecule has 0 N–H and O–H groups in total. The van der Waals surface area contributed by atoms with Crippen molar-refractivity contribution in [2.75, 3.05) is 7.05 Å². The number of aromatic nitrogens is 1. The van der Waals surface area contributed by atoms with Gasteiger partial charge in [0.25, 0.3) is 0 Å². The first kappa shape index (κ1) is 8.02. The lowest BCUT2D eigenvalue weighted by Gasteiger charge is -2.03. The highest BCUT2D eigenvalue weighted by molar-refractivity contribution is 7.09. The molecule has 0 bridgehead atoms. The molecule has 11 heavy (non-hydrogen) atoms.